The fourth-order valence-corrected chi connectivity index (χ4v) is 13.1. The Balaban J connectivity index is 0.680. The number of piperazine rings is 1. The molecular weight excluding hydrogens is 1020 g/mol. The lowest BCUT2D eigenvalue weighted by atomic mass is 9.94. The summed E-state index contributed by atoms with van der Waals surface area (Å²) in [6.07, 6.45) is -0.325. The number of likely N-dealkylation sites (tertiary alicyclic amines) is 1. The molecule has 5 aliphatic rings. The molecule has 15 nitrogen and oxygen atoms in total. The first-order chi connectivity index (χ1) is 35.8. The van der Waals surface area contributed by atoms with E-state index in [1.165, 1.54) is 28.4 Å². The molecule has 4 fully saturated rings. The van der Waals surface area contributed by atoms with Crippen molar-refractivity contribution in [2.45, 2.75) is 83.8 Å². The van der Waals surface area contributed by atoms with E-state index >= 15 is 0 Å². The molecule has 3 aromatic carbocycles. The minimum atomic E-state index is -3.77. The topological polar surface area (TPSA) is 186 Å². The molecule has 5 amide bonds. The zero-order chi connectivity index (χ0) is 52.7. The van der Waals surface area contributed by atoms with Crippen LogP contribution in [0.2, 0.25) is 5.02 Å². The highest BCUT2D eigenvalue weighted by Crippen LogP contribution is 2.53. The predicted octanol–water partition coefficient (Wildman–Crippen LogP) is 8.39. The maximum Gasteiger partial charge on any atom is 0.586 e. The number of nitrogens with one attached hydrogen (secondary N) is 2. The predicted molar refractivity (Wildman–Crippen MR) is 280 cm³/mol. The molecule has 2 aliphatic carbocycles. The van der Waals surface area contributed by atoms with E-state index in [1.54, 1.807) is 53.6 Å². The minimum Gasteiger partial charge on any atom is -0.616 e. The molecule has 0 radical (unpaired) electrons. The smallest absolute Gasteiger partial charge is 0.586 e. The molecule has 2 saturated heterocycles. The van der Waals surface area contributed by atoms with Crippen LogP contribution in [-0.2, 0) is 48.9 Å². The van der Waals surface area contributed by atoms with Crippen molar-refractivity contribution in [1.82, 2.24) is 30.0 Å². The number of nitrogens with zero attached hydrogens (tertiary/aromatic N) is 5. The molecule has 0 spiro atoms. The number of imide groups is 1. The second-order valence-corrected chi connectivity index (χ2v) is 23.4. The third-order valence-corrected chi connectivity index (χ3v) is 17.6. The summed E-state index contributed by atoms with van der Waals surface area (Å²) in [5.41, 5.74) is 6.71. The van der Waals surface area contributed by atoms with E-state index in [0.29, 0.717) is 66.3 Å². The Labute approximate surface area is 443 Å². The summed E-state index contributed by atoms with van der Waals surface area (Å²) in [5, 5.41) is 6.32. The number of piperidine rings is 1. The first kappa shape index (κ1) is 50.6. The van der Waals surface area contributed by atoms with Gasteiger partial charge in [-0.1, -0.05) is 35.9 Å². The number of aromatic nitrogens is 2. The fraction of sp³-hybridized carbons (Fsp3) is 0.364. The van der Waals surface area contributed by atoms with Crippen LogP contribution in [0.25, 0.3) is 32.6 Å². The van der Waals surface area contributed by atoms with Crippen molar-refractivity contribution in [3.05, 3.63) is 123 Å². The van der Waals surface area contributed by atoms with Gasteiger partial charge in [-0.2, -0.15) is 0 Å². The van der Waals surface area contributed by atoms with Crippen molar-refractivity contribution >= 4 is 79.7 Å². The number of aryl methyl sites for hydroxylation is 2. The summed E-state index contributed by atoms with van der Waals surface area (Å²) in [6, 6.07) is 22.5. The van der Waals surface area contributed by atoms with Gasteiger partial charge in [0.2, 0.25) is 17.7 Å². The molecule has 3 aliphatic heterocycles. The van der Waals surface area contributed by atoms with Crippen molar-refractivity contribution < 1.29 is 46.8 Å². The number of amides is 5. The van der Waals surface area contributed by atoms with E-state index in [2.05, 4.69) is 43.8 Å². The van der Waals surface area contributed by atoms with Crippen LogP contribution in [0.5, 0.6) is 11.5 Å². The van der Waals surface area contributed by atoms with Gasteiger partial charge in [0.05, 0.1) is 46.3 Å². The van der Waals surface area contributed by atoms with Crippen LogP contribution >= 0.6 is 22.9 Å². The number of anilines is 1. The number of pyridine rings is 2. The summed E-state index contributed by atoms with van der Waals surface area (Å²) in [7, 11) is 0. The molecular formula is C55H52ClF2N7O8S2. The average molecular weight is 1080 g/mol. The number of halogens is 3. The van der Waals surface area contributed by atoms with Gasteiger partial charge in [-0.05, 0) is 141 Å². The van der Waals surface area contributed by atoms with Gasteiger partial charge in [0.1, 0.15) is 11.6 Å². The first-order valence-electron chi connectivity index (χ1n) is 24.8. The number of ether oxygens (including phenoxy) is 2. The second kappa shape index (κ2) is 19.6. The van der Waals surface area contributed by atoms with Crippen molar-refractivity contribution in [1.29, 1.82) is 0 Å². The molecule has 388 valence electrons. The Morgan fingerprint density at radius 1 is 0.893 bits per heavy atom. The number of benzene rings is 3. The van der Waals surface area contributed by atoms with Crippen LogP contribution in [-0.4, -0.2) is 108 Å². The third-order valence-electron chi connectivity index (χ3n) is 15.0. The maximum absolute atomic E-state index is 13.7. The number of alkyl halides is 2. The molecule has 11 rings (SSSR count). The molecule has 5 atom stereocenters. The van der Waals surface area contributed by atoms with Crippen LogP contribution < -0.4 is 20.1 Å². The van der Waals surface area contributed by atoms with Gasteiger partial charge >= 0.3 is 6.29 Å². The molecule has 20 heteroatoms. The highest BCUT2D eigenvalue weighted by molar-refractivity contribution is 7.92. The SMILES string of the molecule is Cc1ccc(NC(=O)C2(c3ccc4c(c3)OC(F)(F)O4)CC2)nc1-c1cccc(C(=O)NCC[S+]([O-])CC(=O)N2C[C@H](C)N(Cc3c(C)cc(Cl)cc3-c3ccnc4cc(CN5C(=O)C6CC6C5=O)sc34)[C@@H](C)C2)c1. The van der Waals surface area contributed by atoms with Gasteiger partial charge in [0.15, 0.2) is 17.3 Å². The summed E-state index contributed by atoms with van der Waals surface area (Å²) < 4.78 is 50.7. The monoisotopic (exact) mass is 1080 g/mol. The minimum absolute atomic E-state index is 0.0404. The summed E-state index contributed by atoms with van der Waals surface area (Å²) in [5.74, 6) is -1.49. The number of fused-ring (bicyclic) bond motifs is 3. The van der Waals surface area contributed by atoms with Gasteiger partial charge in [-0.25, -0.2) is 4.98 Å². The van der Waals surface area contributed by atoms with Crippen LogP contribution in [0.15, 0.2) is 85.1 Å². The number of hydrogen-bond donors (Lipinski definition) is 2. The highest BCUT2D eigenvalue weighted by Gasteiger charge is 2.59. The van der Waals surface area contributed by atoms with Crippen molar-refractivity contribution in [2.24, 2.45) is 11.8 Å². The summed E-state index contributed by atoms with van der Waals surface area (Å²) in [6.45, 7) is 9.84. The first-order valence-corrected chi connectivity index (χ1v) is 27.5. The Hall–Kier alpha value is -6.51. The second-order valence-electron chi connectivity index (χ2n) is 20.3. The number of carbonyl (C=O) groups is 5. The van der Waals surface area contributed by atoms with Crippen LogP contribution in [0, 0.1) is 25.7 Å². The Bertz CT molecular complexity index is 3320. The molecule has 0 bridgehead atoms. The lowest BCUT2D eigenvalue weighted by molar-refractivity contribution is -0.286. The number of hydrogen-bond acceptors (Lipinski definition) is 12. The molecule has 2 N–H and O–H groups in total. The van der Waals surface area contributed by atoms with Crippen LogP contribution in [0.3, 0.4) is 0 Å². The normalized spacial score (nSPS) is 21.5. The highest BCUT2D eigenvalue weighted by atomic mass is 35.5. The van der Waals surface area contributed by atoms with Gasteiger partial charge in [0, 0.05) is 64.5 Å². The maximum atomic E-state index is 13.7. The van der Waals surface area contributed by atoms with Gasteiger partial charge in [0.25, 0.3) is 11.8 Å². The number of rotatable bonds is 15. The van der Waals surface area contributed by atoms with E-state index in [4.69, 9.17) is 16.6 Å². The number of carbonyl (C=O) groups excluding carboxylic acids is 5. The molecule has 75 heavy (non-hydrogen) atoms. The van der Waals surface area contributed by atoms with E-state index in [9.17, 15) is 37.3 Å². The average Bonchev–Trinajstić information content (AvgIpc) is 4.27. The Morgan fingerprint density at radius 3 is 2.39 bits per heavy atom. The molecule has 6 heterocycles. The van der Waals surface area contributed by atoms with E-state index in [0.717, 1.165) is 42.9 Å². The van der Waals surface area contributed by atoms with Crippen LogP contribution in [0.1, 0.15) is 70.6 Å². The Kier molecular flexibility index (Phi) is 13.2. The molecule has 3 aromatic heterocycles. The van der Waals surface area contributed by atoms with Gasteiger partial charge in [-0.15, -0.1) is 20.1 Å². The van der Waals surface area contributed by atoms with Crippen molar-refractivity contribution in [3.8, 4) is 33.9 Å². The lowest BCUT2D eigenvalue weighted by Gasteiger charge is -2.44. The van der Waals surface area contributed by atoms with E-state index in [1.807, 2.05) is 38.1 Å². The molecule has 3 unspecified atom stereocenters. The largest absolute Gasteiger partial charge is 0.616 e. The third kappa shape index (κ3) is 9.96. The summed E-state index contributed by atoms with van der Waals surface area (Å²) in [4.78, 5) is 82.0. The molecule has 2 saturated carbocycles. The van der Waals surface area contributed by atoms with Gasteiger partial charge in [-0.3, -0.25) is 38.8 Å². The van der Waals surface area contributed by atoms with Crippen molar-refractivity contribution in [2.75, 3.05) is 36.5 Å². The lowest BCUT2D eigenvalue weighted by Crippen LogP contribution is -2.58. The van der Waals surface area contributed by atoms with E-state index < -0.39 is 28.8 Å². The quantitative estimate of drug-likeness (QED) is 0.0743. The fourth-order valence-electron chi connectivity index (χ4n) is 10.8. The number of thiophene rings is 1. The summed E-state index contributed by atoms with van der Waals surface area (Å²) >= 11 is 6.70. The van der Waals surface area contributed by atoms with Crippen molar-refractivity contribution in [3.63, 3.8) is 0 Å². The Morgan fingerprint density at radius 2 is 1.64 bits per heavy atom. The zero-order valence-electron chi connectivity index (χ0n) is 41.4. The molecule has 6 aromatic rings. The standard InChI is InChI=1S/C55H52ClF2N7O8S2/c1-29-8-11-46(62-53(70)54(13-14-54)35-9-10-44-45(20-35)73-55(57,58)72-44)61-48(29)33-6-5-7-34(19-33)50(67)60-16-17-75(71)28-47(66)63-24-31(3)64(32(4)25-63)27-42-30(2)18-36(56)21-39(42)38-12-15-59-43-22-37(74-49(38)43)26-65-51(68)40-23-41(40)52(65)69/h5-12,15,18-22,31-32,40-41H,13-14,16-17,23-28H2,1-4H3,(H,60,67)(H,61,62,70)/t31-,32-,40?,41?,75?/m0/s1. The van der Waals surface area contributed by atoms with Crippen LogP contribution in [0.4, 0.5) is 14.6 Å². The van der Waals surface area contributed by atoms with Gasteiger partial charge < -0.3 is 29.6 Å². The van der Waals surface area contributed by atoms with E-state index in [-0.39, 0.29) is 89.5 Å². The zero-order valence-corrected chi connectivity index (χ0v) is 43.8.